The van der Waals surface area contributed by atoms with E-state index in [1.165, 1.54) is 23.8 Å². The van der Waals surface area contributed by atoms with Gasteiger partial charge in [0.25, 0.3) is 11.8 Å². The second-order valence-corrected chi connectivity index (χ2v) is 15.3. The van der Waals surface area contributed by atoms with Crippen molar-refractivity contribution >= 4 is 80.1 Å². The van der Waals surface area contributed by atoms with E-state index in [0.717, 1.165) is 59.3 Å². The number of anilines is 1. The standard InChI is InChI=1S/C34H35ClN10O5S2/c1-50-42-25(24-28(35)52-34(37)41-24)30(46)40-26-31(47)45-27(33(48)49)21(17-51-32(26)45)16-43-11-9-23-20(15-43)8-12-44(23)14-18-4-6-19(7-5-18)29(36)39-22-3-2-10-38-13-22/h4-9,11-12,15,22,26,32,38H,2-3,10,13-14,16-17H2,1H3,(H5-,36,37,39,40,41,46,48,49)/p+1/b42-25-/t22-,26-,32-/m1/s1. The molecule has 3 aliphatic heterocycles. The third-order valence-electron chi connectivity index (χ3n) is 9.10. The third-order valence-corrected chi connectivity index (χ3v) is 11.5. The van der Waals surface area contributed by atoms with Crippen LogP contribution in [0.2, 0.25) is 4.34 Å². The Morgan fingerprint density at radius 2 is 2.06 bits per heavy atom. The summed E-state index contributed by atoms with van der Waals surface area (Å²) in [6.07, 6.45) is 8.02. The molecule has 270 valence electrons. The number of β-lactam (4-membered cyclic amide) rings is 1. The lowest BCUT2D eigenvalue weighted by Crippen LogP contribution is -2.71. The number of carboxylic acids is 1. The summed E-state index contributed by atoms with van der Waals surface area (Å²) < 4.78 is 4.19. The van der Waals surface area contributed by atoms with Crippen LogP contribution in [0.15, 0.2) is 76.4 Å². The van der Waals surface area contributed by atoms with Crippen molar-refractivity contribution in [1.82, 2.24) is 25.1 Å². The lowest BCUT2D eigenvalue weighted by Gasteiger charge is -2.49. The van der Waals surface area contributed by atoms with Crippen LogP contribution in [-0.4, -0.2) is 92.3 Å². The summed E-state index contributed by atoms with van der Waals surface area (Å²) in [6, 6.07) is 11.4. The molecule has 7 rings (SSSR count). The van der Waals surface area contributed by atoms with Crippen molar-refractivity contribution in [1.29, 1.82) is 0 Å². The van der Waals surface area contributed by atoms with E-state index in [4.69, 9.17) is 32.9 Å². The lowest BCUT2D eigenvalue weighted by atomic mass is 10.0. The molecule has 3 aliphatic rings. The van der Waals surface area contributed by atoms with Gasteiger partial charge < -0.3 is 36.6 Å². The fourth-order valence-electron chi connectivity index (χ4n) is 6.60. The molecule has 4 aromatic rings. The molecule has 3 aromatic heterocycles. The molecule has 2 saturated heterocycles. The number of benzene rings is 1. The fraction of sp³-hybridized carbons (Fsp3) is 0.324. The minimum atomic E-state index is -1.22. The molecule has 0 radical (unpaired) electrons. The number of oxime groups is 1. The summed E-state index contributed by atoms with van der Waals surface area (Å²) in [4.78, 5) is 53.8. The van der Waals surface area contributed by atoms with E-state index in [1.807, 2.05) is 47.4 Å². The normalized spacial score (nSPS) is 20.8. The molecule has 0 unspecified atom stereocenters. The Morgan fingerprint density at radius 3 is 2.75 bits per heavy atom. The van der Waals surface area contributed by atoms with E-state index in [1.54, 1.807) is 0 Å². The minimum Gasteiger partial charge on any atom is -0.477 e. The Kier molecular flexibility index (Phi) is 10.2. The first-order chi connectivity index (χ1) is 25.1. The Bertz CT molecular complexity index is 2140. The van der Waals surface area contributed by atoms with Crippen molar-refractivity contribution in [2.24, 2.45) is 15.9 Å². The van der Waals surface area contributed by atoms with Crippen molar-refractivity contribution in [2.75, 3.05) is 31.7 Å². The number of carbonyl (C=O) groups excluding carboxylic acids is 2. The van der Waals surface area contributed by atoms with E-state index < -0.39 is 29.2 Å². The summed E-state index contributed by atoms with van der Waals surface area (Å²) in [5, 5.41) is 20.5. The first-order valence-electron chi connectivity index (χ1n) is 16.5. The number of pyridine rings is 1. The number of aromatic nitrogens is 3. The Morgan fingerprint density at radius 1 is 1.25 bits per heavy atom. The monoisotopic (exact) mass is 763 g/mol. The number of aliphatic imine (C=N–C) groups is 1. The predicted molar refractivity (Wildman–Crippen MR) is 199 cm³/mol. The zero-order valence-corrected chi connectivity index (χ0v) is 30.4. The molecule has 1 aromatic carbocycles. The van der Waals surface area contributed by atoms with E-state index >= 15 is 0 Å². The SMILES string of the molecule is CO/N=C(\C(=O)N[C@@H]1C(=O)N2C(C(=O)O)=C(C[n+]3ccc4c(ccn4Cc4ccc(C(N)=N[C@@H]5CCCNC5)cc4)c3)CS[C@H]12)c1nc(N)sc1Cl. The van der Waals surface area contributed by atoms with Gasteiger partial charge in [0, 0.05) is 42.2 Å². The van der Waals surface area contributed by atoms with Gasteiger partial charge in [-0.3, -0.25) is 19.5 Å². The number of thiazole rings is 1. The van der Waals surface area contributed by atoms with E-state index in [-0.39, 0.29) is 39.2 Å². The molecule has 7 N–H and O–H groups in total. The number of rotatable bonds is 11. The number of nitrogens with zero attached hydrogens (tertiary/aromatic N) is 6. The van der Waals surface area contributed by atoms with Gasteiger partial charge in [0.15, 0.2) is 29.8 Å². The summed E-state index contributed by atoms with van der Waals surface area (Å²) in [5.41, 5.74) is 15.3. The number of amidine groups is 1. The molecule has 0 aliphatic carbocycles. The van der Waals surface area contributed by atoms with Crippen molar-refractivity contribution in [2.45, 2.75) is 43.4 Å². The highest BCUT2D eigenvalue weighted by atomic mass is 35.5. The Labute approximate surface area is 311 Å². The number of piperidine rings is 1. The average Bonchev–Trinajstić information content (AvgIpc) is 3.69. The van der Waals surface area contributed by atoms with Crippen molar-refractivity contribution in [3.05, 3.63) is 87.4 Å². The van der Waals surface area contributed by atoms with Crippen LogP contribution in [0.5, 0.6) is 0 Å². The van der Waals surface area contributed by atoms with Crippen molar-refractivity contribution < 1.29 is 28.9 Å². The van der Waals surface area contributed by atoms with Crippen molar-refractivity contribution in [3.63, 3.8) is 0 Å². The molecule has 2 fully saturated rings. The number of fused-ring (bicyclic) bond motifs is 2. The van der Waals surface area contributed by atoms with Gasteiger partial charge in [-0.15, -0.1) is 11.8 Å². The summed E-state index contributed by atoms with van der Waals surface area (Å²) in [5.74, 6) is -1.63. The van der Waals surface area contributed by atoms with Crippen molar-refractivity contribution in [3.8, 4) is 0 Å². The van der Waals surface area contributed by atoms with Gasteiger partial charge >= 0.3 is 5.97 Å². The number of nitrogen functional groups attached to an aromatic ring is 1. The third kappa shape index (κ3) is 7.08. The first kappa shape index (κ1) is 35.4. The largest absolute Gasteiger partial charge is 0.477 e. The van der Waals surface area contributed by atoms with Crippen LogP contribution in [0.25, 0.3) is 10.9 Å². The molecular weight excluding hydrogens is 728 g/mol. The maximum absolute atomic E-state index is 13.3. The lowest BCUT2D eigenvalue weighted by molar-refractivity contribution is -0.687. The number of hydrogen-bond donors (Lipinski definition) is 5. The maximum Gasteiger partial charge on any atom is 0.352 e. The van der Waals surface area contributed by atoms with Gasteiger partial charge in [0.05, 0.1) is 16.9 Å². The molecule has 3 atom stereocenters. The highest BCUT2D eigenvalue weighted by Gasteiger charge is 2.55. The maximum atomic E-state index is 13.3. The first-order valence-corrected chi connectivity index (χ1v) is 18.7. The second-order valence-electron chi connectivity index (χ2n) is 12.5. The van der Waals surface area contributed by atoms with Gasteiger partial charge in [-0.05, 0) is 31.0 Å². The van der Waals surface area contributed by atoms with Gasteiger partial charge in [-0.1, -0.05) is 52.4 Å². The van der Waals surface area contributed by atoms with Gasteiger partial charge in [0.1, 0.15) is 40.1 Å². The molecule has 0 bridgehead atoms. The van der Waals surface area contributed by atoms with E-state index in [2.05, 4.69) is 37.5 Å². The van der Waals surface area contributed by atoms with E-state index in [0.29, 0.717) is 23.7 Å². The van der Waals surface area contributed by atoms with Crippen LogP contribution in [0.4, 0.5) is 5.13 Å². The number of nitrogens with two attached hydrogens (primary N) is 2. The summed E-state index contributed by atoms with van der Waals surface area (Å²) >= 11 is 8.51. The fourth-order valence-corrected chi connectivity index (χ4v) is 8.86. The summed E-state index contributed by atoms with van der Waals surface area (Å²) in [7, 11) is 1.25. The Hall–Kier alpha value is -4.97. The molecule has 0 saturated carbocycles. The number of aliphatic carboxylic acids is 1. The topological polar surface area (TPSA) is 206 Å². The van der Waals surface area contributed by atoms with Gasteiger partial charge in [-0.2, -0.15) is 0 Å². The zero-order chi connectivity index (χ0) is 36.5. The molecule has 0 spiro atoms. The number of nitrogens with one attached hydrogen (secondary N) is 2. The van der Waals surface area contributed by atoms with Crippen LogP contribution in [-0.2, 0) is 32.3 Å². The van der Waals surface area contributed by atoms with Crippen LogP contribution >= 0.6 is 34.7 Å². The van der Waals surface area contributed by atoms with Crippen LogP contribution in [0, 0.1) is 0 Å². The number of amides is 2. The molecule has 18 heteroatoms. The van der Waals surface area contributed by atoms with Crippen LogP contribution < -0.4 is 26.7 Å². The minimum absolute atomic E-state index is 0.0226. The molecule has 2 amide bonds. The van der Waals surface area contributed by atoms with Crippen LogP contribution in [0.3, 0.4) is 0 Å². The Balaban J connectivity index is 1.03. The molecule has 6 heterocycles. The van der Waals surface area contributed by atoms with Gasteiger partial charge in [0.2, 0.25) is 0 Å². The zero-order valence-electron chi connectivity index (χ0n) is 28.0. The van der Waals surface area contributed by atoms with Gasteiger partial charge in [-0.25, -0.2) is 14.3 Å². The van der Waals surface area contributed by atoms with Crippen LogP contribution in [0.1, 0.15) is 29.7 Å². The smallest absolute Gasteiger partial charge is 0.352 e. The average molecular weight is 764 g/mol. The number of halogens is 1. The molecule has 15 nitrogen and oxygen atoms in total. The predicted octanol–water partition coefficient (Wildman–Crippen LogP) is 1.92. The molecular formula is C34H36ClN10O5S2+. The number of carbonyl (C=O) groups is 3. The number of thioether (sulfide) groups is 1. The summed E-state index contributed by atoms with van der Waals surface area (Å²) in [6.45, 7) is 2.80. The highest BCUT2D eigenvalue weighted by molar-refractivity contribution is 8.00. The molecule has 52 heavy (non-hydrogen) atoms. The van der Waals surface area contributed by atoms with E-state index in [9.17, 15) is 19.5 Å². The quantitative estimate of drug-likeness (QED) is 0.0493. The second kappa shape index (κ2) is 14.9. The highest BCUT2D eigenvalue weighted by Crippen LogP contribution is 2.40. The number of hydrogen-bond acceptors (Lipinski definition) is 11. The number of carboxylic acid groups (broad SMARTS) is 1.